The molecular weight excluding hydrogens is 380 g/mol. The van der Waals surface area contributed by atoms with Gasteiger partial charge in [0.1, 0.15) is 10.6 Å². The Balaban J connectivity index is 2.27. The van der Waals surface area contributed by atoms with E-state index in [1.54, 1.807) is 0 Å². The molecular formula is C12H17BrN2O4S2. The molecule has 0 saturated carbocycles. The molecule has 1 aromatic carbocycles. The van der Waals surface area contributed by atoms with Gasteiger partial charge in [0.15, 0.2) is 0 Å². The molecule has 118 valence electrons. The van der Waals surface area contributed by atoms with Crippen LogP contribution in [0.3, 0.4) is 0 Å². The second kappa shape index (κ2) is 6.64. The third-order valence-corrected chi connectivity index (χ3v) is 6.89. The van der Waals surface area contributed by atoms with Gasteiger partial charge in [0, 0.05) is 38.5 Å². The molecule has 1 aliphatic rings. The summed E-state index contributed by atoms with van der Waals surface area (Å²) in [6.07, 6.45) is 1.14. The first kappa shape index (κ1) is 16.7. The van der Waals surface area contributed by atoms with E-state index >= 15 is 0 Å². The first-order valence-electron chi connectivity index (χ1n) is 6.34. The lowest BCUT2D eigenvalue weighted by molar-refractivity contribution is 0.401. The van der Waals surface area contributed by atoms with E-state index in [0.717, 1.165) is 0 Å². The number of anilines is 1. The zero-order valence-electron chi connectivity index (χ0n) is 11.5. The van der Waals surface area contributed by atoms with Gasteiger partial charge < -0.3 is 10.5 Å². The van der Waals surface area contributed by atoms with Crippen LogP contribution >= 0.6 is 15.9 Å². The van der Waals surface area contributed by atoms with Gasteiger partial charge in [-0.15, -0.1) is 0 Å². The highest BCUT2D eigenvalue weighted by Crippen LogP contribution is 2.32. The summed E-state index contributed by atoms with van der Waals surface area (Å²) in [5, 5.41) is 0. The molecule has 9 heteroatoms. The average molecular weight is 397 g/mol. The zero-order chi connectivity index (χ0) is 15.6. The summed E-state index contributed by atoms with van der Waals surface area (Å²) >= 11 is 3.24. The van der Waals surface area contributed by atoms with Crippen molar-refractivity contribution >= 4 is 42.4 Å². The molecule has 21 heavy (non-hydrogen) atoms. The Hall–Kier alpha value is -0.640. The van der Waals surface area contributed by atoms with Gasteiger partial charge in [-0.1, -0.05) is 0 Å². The SMILES string of the molecule is COc1cc(Br)c(N)cc1S(=O)(=O)NC1CCS(=O)CC1. The van der Waals surface area contributed by atoms with E-state index in [-0.39, 0.29) is 16.7 Å². The van der Waals surface area contributed by atoms with Gasteiger partial charge in [0.2, 0.25) is 10.0 Å². The minimum atomic E-state index is -3.73. The molecule has 0 atom stereocenters. The van der Waals surface area contributed by atoms with Crippen LogP contribution in [-0.2, 0) is 20.8 Å². The molecule has 1 saturated heterocycles. The molecule has 0 radical (unpaired) electrons. The second-order valence-corrected chi connectivity index (χ2v) is 9.00. The number of ether oxygens (including phenoxy) is 1. The highest BCUT2D eigenvalue weighted by Gasteiger charge is 2.27. The molecule has 0 amide bonds. The van der Waals surface area contributed by atoms with Gasteiger partial charge in [-0.3, -0.25) is 4.21 Å². The molecule has 0 spiro atoms. The number of sulfonamides is 1. The van der Waals surface area contributed by atoms with Crippen LogP contribution in [0.5, 0.6) is 5.75 Å². The summed E-state index contributed by atoms with van der Waals surface area (Å²) in [6, 6.07) is 2.69. The first-order chi connectivity index (χ1) is 9.83. The monoisotopic (exact) mass is 396 g/mol. The Morgan fingerprint density at radius 1 is 1.38 bits per heavy atom. The number of hydrogen-bond acceptors (Lipinski definition) is 5. The predicted molar refractivity (Wildman–Crippen MR) is 86.3 cm³/mol. The molecule has 1 heterocycles. The zero-order valence-corrected chi connectivity index (χ0v) is 14.7. The van der Waals surface area contributed by atoms with E-state index in [2.05, 4.69) is 20.7 Å². The number of methoxy groups -OCH3 is 1. The highest BCUT2D eigenvalue weighted by molar-refractivity contribution is 9.10. The number of rotatable bonds is 4. The van der Waals surface area contributed by atoms with E-state index in [4.69, 9.17) is 10.5 Å². The summed E-state index contributed by atoms with van der Waals surface area (Å²) in [5.74, 6) is 1.27. The van der Waals surface area contributed by atoms with Crippen LogP contribution in [-0.4, -0.2) is 37.3 Å². The van der Waals surface area contributed by atoms with Gasteiger partial charge in [-0.2, -0.15) is 0 Å². The third-order valence-electron chi connectivity index (χ3n) is 3.28. The van der Waals surface area contributed by atoms with Gasteiger partial charge in [0.05, 0.1) is 7.11 Å². The maximum Gasteiger partial charge on any atom is 0.244 e. The fourth-order valence-corrected chi connectivity index (χ4v) is 5.23. The van der Waals surface area contributed by atoms with Crippen molar-refractivity contribution < 1.29 is 17.4 Å². The summed E-state index contributed by atoms with van der Waals surface area (Å²) in [5.41, 5.74) is 6.08. The Morgan fingerprint density at radius 2 is 2.00 bits per heavy atom. The van der Waals surface area contributed by atoms with Crippen molar-refractivity contribution in [3.8, 4) is 5.75 Å². The van der Waals surface area contributed by atoms with Crippen molar-refractivity contribution in [1.82, 2.24) is 4.72 Å². The van der Waals surface area contributed by atoms with Crippen LogP contribution in [0.1, 0.15) is 12.8 Å². The standard InChI is InChI=1S/C12H17BrN2O4S2/c1-19-11-6-9(13)10(14)7-12(11)21(17,18)15-8-2-4-20(16)5-3-8/h6-8,15H,2-5,14H2,1H3. The number of halogens is 1. The lowest BCUT2D eigenvalue weighted by Gasteiger charge is -2.23. The third kappa shape index (κ3) is 3.97. The topological polar surface area (TPSA) is 98.5 Å². The maximum absolute atomic E-state index is 12.5. The smallest absolute Gasteiger partial charge is 0.244 e. The normalized spacial score (nSPS) is 23.0. The van der Waals surface area contributed by atoms with Crippen molar-refractivity contribution in [3.63, 3.8) is 0 Å². The molecule has 1 aromatic rings. The van der Waals surface area contributed by atoms with Crippen molar-refractivity contribution in [2.24, 2.45) is 0 Å². The molecule has 0 aromatic heterocycles. The van der Waals surface area contributed by atoms with Crippen LogP contribution < -0.4 is 15.2 Å². The molecule has 0 aliphatic carbocycles. The molecule has 0 unspecified atom stereocenters. The summed E-state index contributed by atoms with van der Waals surface area (Å²) in [4.78, 5) is 0.0115. The van der Waals surface area contributed by atoms with Crippen LogP contribution in [0, 0.1) is 0 Å². The molecule has 2 rings (SSSR count). The van der Waals surface area contributed by atoms with Crippen LogP contribution in [0.2, 0.25) is 0 Å². The second-order valence-electron chi connectivity index (χ2n) is 4.77. The van der Waals surface area contributed by atoms with Gasteiger partial charge in [-0.05, 0) is 40.9 Å². The van der Waals surface area contributed by atoms with Crippen molar-refractivity contribution in [3.05, 3.63) is 16.6 Å². The lowest BCUT2D eigenvalue weighted by Crippen LogP contribution is -2.39. The van der Waals surface area contributed by atoms with E-state index < -0.39 is 20.8 Å². The summed E-state index contributed by atoms with van der Waals surface area (Å²) < 4.78 is 44.6. The van der Waals surface area contributed by atoms with E-state index in [0.29, 0.717) is 34.5 Å². The minimum absolute atomic E-state index is 0.0115. The van der Waals surface area contributed by atoms with Crippen LogP contribution in [0.25, 0.3) is 0 Å². The van der Waals surface area contributed by atoms with Crippen molar-refractivity contribution in [1.29, 1.82) is 0 Å². The molecule has 6 nitrogen and oxygen atoms in total. The lowest BCUT2D eigenvalue weighted by atomic mass is 10.2. The molecule has 3 N–H and O–H groups in total. The van der Waals surface area contributed by atoms with Crippen LogP contribution in [0.15, 0.2) is 21.5 Å². The summed E-state index contributed by atoms with van der Waals surface area (Å²) in [7, 11) is -3.16. The number of nitrogens with one attached hydrogen (secondary N) is 1. The van der Waals surface area contributed by atoms with Gasteiger partial charge in [-0.25, -0.2) is 13.1 Å². The van der Waals surface area contributed by atoms with Crippen molar-refractivity contribution in [2.45, 2.75) is 23.8 Å². The molecule has 0 bridgehead atoms. The Kier molecular flexibility index (Phi) is 5.29. The highest BCUT2D eigenvalue weighted by atomic mass is 79.9. The summed E-state index contributed by atoms with van der Waals surface area (Å²) in [6.45, 7) is 0. The van der Waals surface area contributed by atoms with Crippen LogP contribution in [0.4, 0.5) is 5.69 Å². The number of benzene rings is 1. The quantitative estimate of drug-likeness (QED) is 0.745. The fraction of sp³-hybridized carbons (Fsp3) is 0.500. The maximum atomic E-state index is 12.5. The fourth-order valence-electron chi connectivity index (χ4n) is 2.11. The first-order valence-corrected chi connectivity index (χ1v) is 10.1. The van der Waals surface area contributed by atoms with E-state index in [9.17, 15) is 12.6 Å². The van der Waals surface area contributed by atoms with Crippen molar-refractivity contribution in [2.75, 3.05) is 24.3 Å². The average Bonchev–Trinajstić information content (AvgIpc) is 2.43. The molecule has 1 aliphatic heterocycles. The largest absolute Gasteiger partial charge is 0.495 e. The number of nitrogen functional groups attached to an aromatic ring is 1. The molecule has 1 fully saturated rings. The number of hydrogen-bond donors (Lipinski definition) is 2. The van der Waals surface area contributed by atoms with E-state index in [1.807, 2.05) is 0 Å². The Bertz CT molecular complexity index is 653. The minimum Gasteiger partial charge on any atom is -0.495 e. The van der Waals surface area contributed by atoms with Gasteiger partial charge in [0.25, 0.3) is 0 Å². The van der Waals surface area contributed by atoms with Gasteiger partial charge >= 0.3 is 0 Å². The Morgan fingerprint density at radius 3 is 2.57 bits per heavy atom. The Labute approximate surface area is 135 Å². The predicted octanol–water partition coefficient (Wildman–Crippen LogP) is 1.23. The number of nitrogens with two attached hydrogens (primary N) is 1. The van der Waals surface area contributed by atoms with E-state index in [1.165, 1.54) is 19.2 Å².